The van der Waals surface area contributed by atoms with Gasteiger partial charge in [0.2, 0.25) is 0 Å². The molecule has 18 heavy (non-hydrogen) atoms. The molecule has 1 aromatic heterocycles. The van der Waals surface area contributed by atoms with Crippen molar-refractivity contribution in [3.63, 3.8) is 0 Å². The van der Waals surface area contributed by atoms with Crippen molar-refractivity contribution in [2.45, 2.75) is 51.5 Å². The quantitative estimate of drug-likeness (QED) is 0.870. The van der Waals surface area contributed by atoms with Gasteiger partial charge in [-0.15, -0.1) is 0 Å². The van der Waals surface area contributed by atoms with Crippen LogP contribution in [-0.4, -0.2) is 24.1 Å². The van der Waals surface area contributed by atoms with Crippen LogP contribution in [0.25, 0.3) is 0 Å². The monoisotopic (exact) mass is 247 g/mol. The highest BCUT2D eigenvalue weighted by Gasteiger charge is 2.21. The van der Waals surface area contributed by atoms with Gasteiger partial charge in [-0.25, -0.2) is 0 Å². The first-order chi connectivity index (χ1) is 8.81. The Morgan fingerprint density at radius 1 is 1.33 bits per heavy atom. The van der Waals surface area contributed by atoms with Crippen molar-refractivity contribution in [1.82, 2.24) is 4.98 Å². The van der Waals surface area contributed by atoms with Crippen molar-refractivity contribution in [2.24, 2.45) is 5.73 Å². The van der Waals surface area contributed by atoms with Crippen molar-refractivity contribution in [3.05, 3.63) is 24.0 Å². The van der Waals surface area contributed by atoms with E-state index < -0.39 is 0 Å². The zero-order valence-electron chi connectivity index (χ0n) is 11.4. The molecule has 0 atom stereocenters. The second-order valence-corrected chi connectivity index (χ2v) is 5.28. The topological polar surface area (TPSA) is 42.1 Å². The lowest BCUT2D eigenvalue weighted by Crippen LogP contribution is -2.38. The summed E-state index contributed by atoms with van der Waals surface area (Å²) < 4.78 is 0. The molecule has 3 heteroatoms. The fourth-order valence-corrected chi connectivity index (χ4v) is 2.89. The van der Waals surface area contributed by atoms with Gasteiger partial charge in [0.1, 0.15) is 0 Å². The summed E-state index contributed by atoms with van der Waals surface area (Å²) in [5.41, 5.74) is 8.10. The fourth-order valence-electron chi connectivity index (χ4n) is 2.89. The number of aryl methyl sites for hydroxylation is 1. The Balaban J connectivity index is 2.12. The average molecular weight is 247 g/mol. The normalized spacial score (nSPS) is 16.8. The van der Waals surface area contributed by atoms with Crippen LogP contribution in [0.5, 0.6) is 0 Å². The third-order valence-electron chi connectivity index (χ3n) is 3.83. The van der Waals surface area contributed by atoms with E-state index in [0.717, 1.165) is 25.2 Å². The summed E-state index contributed by atoms with van der Waals surface area (Å²) in [5.74, 6) is 0. The third kappa shape index (κ3) is 3.45. The number of rotatable bonds is 5. The van der Waals surface area contributed by atoms with Gasteiger partial charge in [-0.2, -0.15) is 0 Å². The van der Waals surface area contributed by atoms with Crippen LogP contribution in [0.1, 0.15) is 44.2 Å². The Morgan fingerprint density at radius 3 is 2.78 bits per heavy atom. The Kier molecular flexibility index (Phi) is 5.00. The molecule has 0 aliphatic heterocycles. The molecule has 1 fully saturated rings. The summed E-state index contributed by atoms with van der Waals surface area (Å²) >= 11 is 0. The Bertz CT molecular complexity index is 359. The minimum atomic E-state index is 0.701. The molecule has 3 nitrogen and oxygen atoms in total. The van der Waals surface area contributed by atoms with Crippen LogP contribution in [0.2, 0.25) is 0 Å². The molecule has 0 saturated heterocycles. The molecule has 1 aromatic rings. The second kappa shape index (κ2) is 6.74. The largest absolute Gasteiger partial charge is 0.368 e. The number of aromatic nitrogens is 1. The van der Waals surface area contributed by atoms with Gasteiger partial charge in [0.25, 0.3) is 0 Å². The molecular formula is C15H25N3. The summed E-state index contributed by atoms with van der Waals surface area (Å²) in [4.78, 5) is 6.85. The first kappa shape index (κ1) is 13.3. The third-order valence-corrected chi connectivity index (χ3v) is 3.83. The zero-order valence-corrected chi connectivity index (χ0v) is 11.4. The lowest BCUT2D eigenvalue weighted by molar-refractivity contribution is 0.413. The van der Waals surface area contributed by atoms with Crippen molar-refractivity contribution >= 4 is 5.69 Å². The highest BCUT2D eigenvalue weighted by atomic mass is 15.2. The molecule has 0 amide bonds. The van der Waals surface area contributed by atoms with Gasteiger partial charge in [-0.1, -0.05) is 19.3 Å². The van der Waals surface area contributed by atoms with E-state index >= 15 is 0 Å². The summed E-state index contributed by atoms with van der Waals surface area (Å²) in [6.07, 6.45) is 9.77. The lowest BCUT2D eigenvalue weighted by Gasteiger charge is -2.36. The van der Waals surface area contributed by atoms with E-state index in [-0.39, 0.29) is 0 Å². The highest BCUT2D eigenvalue weighted by molar-refractivity contribution is 5.47. The Morgan fingerprint density at radius 2 is 2.11 bits per heavy atom. The summed E-state index contributed by atoms with van der Waals surface area (Å²) in [6, 6.07) is 5.04. The number of pyridine rings is 1. The molecule has 1 heterocycles. The standard InChI is InChI=1S/C15H25N3/c1-13-12-15(8-10-17-13)18(11-5-9-16)14-6-3-2-4-7-14/h8,10,12,14H,2-7,9,11,16H2,1H3. The first-order valence-corrected chi connectivity index (χ1v) is 7.20. The number of hydrogen-bond donors (Lipinski definition) is 1. The minimum Gasteiger partial charge on any atom is -0.368 e. The SMILES string of the molecule is Cc1cc(N(CCCN)C2CCCCC2)ccn1. The fraction of sp³-hybridized carbons (Fsp3) is 0.667. The van der Waals surface area contributed by atoms with E-state index in [1.165, 1.54) is 37.8 Å². The van der Waals surface area contributed by atoms with Crippen molar-refractivity contribution in [2.75, 3.05) is 18.0 Å². The molecule has 2 N–H and O–H groups in total. The minimum absolute atomic E-state index is 0.701. The number of anilines is 1. The van der Waals surface area contributed by atoms with E-state index in [9.17, 15) is 0 Å². The maximum Gasteiger partial charge on any atom is 0.0402 e. The van der Waals surface area contributed by atoms with Gasteiger partial charge in [0.05, 0.1) is 0 Å². The predicted octanol–water partition coefficient (Wildman–Crippen LogP) is 2.88. The van der Waals surface area contributed by atoms with Crippen molar-refractivity contribution in [1.29, 1.82) is 0 Å². The maximum atomic E-state index is 5.68. The highest BCUT2D eigenvalue weighted by Crippen LogP contribution is 2.27. The smallest absolute Gasteiger partial charge is 0.0402 e. The molecule has 0 unspecified atom stereocenters. The van der Waals surface area contributed by atoms with E-state index in [0.29, 0.717) is 6.04 Å². The van der Waals surface area contributed by atoms with Crippen LogP contribution in [0.15, 0.2) is 18.3 Å². The van der Waals surface area contributed by atoms with Crippen LogP contribution in [0.3, 0.4) is 0 Å². The molecule has 1 aliphatic carbocycles. The number of nitrogens with two attached hydrogens (primary N) is 1. The zero-order chi connectivity index (χ0) is 12.8. The van der Waals surface area contributed by atoms with Gasteiger partial charge in [-0.3, -0.25) is 4.98 Å². The van der Waals surface area contributed by atoms with Gasteiger partial charge in [-0.05, 0) is 44.9 Å². The van der Waals surface area contributed by atoms with E-state index in [1.54, 1.807) is 0 Å². The molecule has 2 rings (SSSR count). The maximum absolute atomic E-state index is 5.68. The molecule has 1 aliphatic rings. The van der Waals surface area contributed by atoms with E-state index in [1.807, 2.05) is 6.20 Å². The van der Waals surface area contributed by atoms with Gasteiger partial charge in [0.15, 0.2) is 0 Å². The van der Waals surface area contributed by atoms with Crippen LogP contribution in [0, 0.1) is 6.92 Å². The van der Waals surface area contributed by atoms with Gasteiger partial charge >= 0.3 is 0 Å². The number of nitrogens with zero attached hydrogens (tertiary/aromatic N) is 2. The molecule has 0 bridgehead atoms. The van der Waals surface area contributed by atoms with Crippen LogP contribution < -0.4 is 10.6 Å². The molecule has 0 radical (unpaired) electrons. The Labute approximate surface area is 110 Å². The second-order valence-electron chi connectivity index (χ2n) is 5.28. The molecule has 100 valence electrons. The van der Waals surface area contributed by atoms with E-state index in [2.05, 4.69) is 28.9 Å². The van der Waals surface area contributed by atoms with Crippen LogP contribution in [-0.2, 0) is 0 Å². The van der Waals surface area contributed by atoms with Crippen LogP contribution >= 0.6 is 0 Å². The molecule has 1 saturated carbocycles. The molecule has 0 spiro atoms. The number of hydrogen-bond acceptors (Lipinski definition) is 3. The Hall–Kier alpha value is -1.09. The molecular weight excluding hydrogens is 222 g/mol. The van der Waals surface area contributed by atoms with Gasteiger partial charge in [0, 0.05) is 30.2 Å². The van der Waals surface area contributed by atoms with Crippen LogP contribution in [0.4, 0.5) is 5.69 Å². The summed E-state index contributed by atoms with van der Waals surface area (Å²) in [5, 5.41) is 0. The predicted molar refractivity (Wildman–Crippen MR) is 76.9 cm³/mol. The van der Waals surface area contributed by atoms with Crippen molar-refractivity contribution < 1.29 is 0 Å². The van der Waals surface area contributed by atoms with Crippen molar-refractivity contribution in [3.8, 4) is 0 Å². The first-order valence-electron chi connectivity index (χ1n) is 7.20. The van der Waals surface area contributed by atoms with Gasteiger partial charge < -0.3 is 10.6 Å². The average Bonchev–Trinajstić information content (AvgIpc) is 2.40. The summed E-state index contributed by atoms with van der Waals surface area (Å²) in [6.45, 7) is 3.91. The summed E-state index contributed by atoms with van der Waals surface area (Å²) in [7, 11) is 0. The lowest BCUT2D eigenvalue weighted by atomic mass is 9.93. The van der Waals surface area contributed by atoms with E-state index in [4.69, 9.17) is 5.73 Å². The molecule has 0 aromatic carbocycles.